The van der Waals surface area contributed by atoms with E-state index in [1.54, 1.807) is 17.8 Å². The van der Waals surface area contributed by atoms with Gasteiger partial charge < -0.3 is 9.84 Å². The van der Waals surface area contributed by atoms with Crippen molar-refractivity contribution in [2.24, 2.45) is 0 Å². The normalized spacial score (nSPS) is 10.5. The summed E-state index contributed by atoms with van der Waals surface area (Å²) in [6.45, 7) is 2.08. The van der Waals surface area contributed by atoms with Crippen LogP contribution in [0.5, 0.6) is 0 Å². The van der Waals surface area contributed by atoms with E-state index in [1.165, 1.54) is 0 Å². The Labute approximate surface area is 138 Å². The quantitative estimate of drug-likeness (QED) is 0.691. The number of benzene rings is 2. The van der Waals surface area contributed by atoms with Crippen molar-refractivity contribution in [3.05, 3.63) is 66.4 Å². The van der Waals surface area contributed by atoms with Gasteiger partial charge in [0.2, 0.25) is 0 Å². The standard InChI is InChI=1S/C18H16N2O2S/c1-2-23-17-11-7-6-10-14(17)19-18(21)15-12-16(22-20-15)13-8-4-3-5-9-13/h3-12H,2H2,1H3,(H,19,21). The summed E-state index contributed by atoms with van der Waals surface area (Å²) in [6.07, 6.45) is 0. The van der Waals surface area contributed by atoms with Crippen molar-refractivity contribution >= 4 is 23.4 Å². The van der Waals surface area contributed by atoms with Crippen LogP contribution < -0.4 is 5.32 Å². The minimum Gasteiger partial charge on any atom is -0.355 e. The van der Waals surface area contributed by atoms with Crippen molar-refractivity contribution in [3.8, 4) is 11.3 Å². The van der Waals surface area contributed by atoms with Gasteiger partial charge in [-0.2, -0.15) is 0 Å². The molecule has 1 heterocycles. The lowest BCUT2D eigenvalue weighted by Gasteiger charge is -2.08. The minimum absolute atomic E-state index is 0.264. The van der Waals surface area contributed by atoms with Crippen LogP contribution in [-0.2, 0) is 0 Å². The molecule has 3 rings (SSSR count). The van der Waals surface area contributed by atoms with Crippen LogP contribution in [0.4, 0.5) is 5.69 Å². The Kier molecular flexibility index (Phi) is 4.78. The van der Waals surface area contributed by atoms with E-state index in [1.807, 2.05) is 54.6 Å². The van der Waals surface area contributed by atoms with Gasteiger partial charge in [-0.3, -0.25) is 4.79 Å². The predicted octanol–water partition coefficient (Wildman–Crippen LogP) is 4.71. The second-order valence-electron chi connectivity index (χ2n) is 4.83. The monoisotopic (exact) mass is 324 g/mol. The van der Waals surface area contributed by atoms with E-state index < -0.39 is 0 Å². The van der Waals surface area contributed by atoms with Crippen LogP contribution in [0.1, 0.15) is 17.4 Å². The first-order valence-corrected chi connectivity index (χ1v) is 8.32. The van der Waals surface area contributed by atoms with Gasteiger partial charge in [0, 0.05) is 16.5 Å². The topological polar surface area (TPSA) is 55.1 Å². The van der Waals surface area contributed by atoms with Crippen molar-refractivity contribution in [2.75, 3.05) is 11.1 Å². The summed E-state index contributed by atoms with van der Waals surface area (Å²) in [6, 6.07) is 19.0. The fourth-order valence-electron chi connectivity index (χ4n) is 2.16. The second-order valence-corrected chi connectivity index (χ2v) is 6.13. The minimum atomic E-state index is -0.278. The van der Waals surface area contributed by atoms with Crippen molar-refractivity contribution in [1.29, 1.82) is 0 Å². The number of aromatic nitrogens is 1. The first-order valence-electron chi connectivity index (χ1n) is 7.33. The molecule has 1 amide bonds. The highest BCUT2D eigenvalue weighted by Gasteiger charge is 2.15. The fraction of sp³-hybridized carbons (Fsp3) is 0.111. The van der Waals surface area contributed by atoms with E-state index >= 15 is 0 Å². The van der Waals surface area contributed by atoms with Crippen LogP contribution in [0.15, 0.2) is 70.1 Å². The maximum absolute atomic E-state index is 12.4. The van der Waals surface area contributed by atoms with Crippen LogP contribution in [0.2, 0.25) is 0 Å². The zero-order chi connectivity index (χ0) is 16.1. The zero-order valence-electron chi connectivity index (χ0n) is 12.7. The molecule has 0 atom stereocenters. The van der Waals surface area contributed by atoms with Crippen molar-refractivity contribution in [2.45, 2.75) is 11.8 Å². The van der Waals surface area contributed by atoms with Crippen LogP contribution in [0.25, 0.3) is 11.3 Å². The Hall–Kier alpha value is -2.53. The fourth-order valence-corrected chi connectivity index (χ4v) is 2.92. The lowest BCUT2D eigenvalue weighted by molar-refractivity contribution is 0.101. The lowest BCUT2D eigenvalue weighted by Crippen LogP contribution is -2.12. The molecule has 0 aliphatic carbocycles. The number of hydrogen-bond acceptors (Lipinski definition) is 4. The molecule has 116 valence electrons. The Morgan fingerprint density at radius 3 is 2.65 bits per heavy atom. The number of carbonyl (C=O) groups excluding carboxylic acids is 1. The number of thioether (sulfide) groups is 1. The van der Waals surface area contributed by atoms with E-state index in [4.69, 9.17) is 4.52 Å². The van der Waals surface area contributed by atoms with E-state index in [9.17, 15) is 4.79 Å². The molecular formula is C18H16N2O2S. The number of hydrogen-bond donors (Lipinski definition) is 1. The molecule has 0 fully saturated rings. The Morgan fingerprint density at radius 1 is 1.13 bits per heavy atom. The van der Waals surface area contributed by atoms with Gasteiger partial charge in [0.15, 0.2) is 11.5 Å². The summed E-state index contributed by atoms with van der Waals surface area (Å²) >= 11 is 1.68. The van der Waals surface area contributed by atoms with Gasteiger partial charge in [-0.15, -0.1) is 11.8 Å². The average molecular weight is 324 g/mol. The molecule has 0 aliphatic rings. The van der Waals surface area contributed by atoms with Crippen molar-refractivity contribution in [3.63, 3.8) is 0 Å². The number of anilines is 1. The van der Waals surface area contributed by atoms with E-state index in [2.05, 4.69) is 17.4 Å². The lowest BCUT2D eigenvalue weighted by atomic mass is 10.1. The highest BCUT2D eigenvalue weighted by molar-refractivity contribution is 7.99. The summed E-state index contributed by atoms with van der Waals surface area (Å²) in [5, 5.41) is 6.76. The third kappa shape index (κ3) is 3.63. The number of nitrogens with zero attached hydrogens (tertiary/aromatic N) is 1. The number of rotatable bonds is 5. The summed E-state index contributed by atoms with van der Waals surface area (Å²) < 4.78 is 5.27. The molecule has 5 heteroatoms. The van der Waals surface area contributed by atoms with Crippen molar-refractivity contribution < 1.29 is 9.32 Å². The van der Waals surface area contributed by atoms with Gasteiger partial charge in [-0.05, 0) is 17.9 Å². The second kappa shape index (κ2) is 7.15. The molecule has 2 aromatic carbocycles. The van der Waals surface area contributed by atoms with Crippen LogP contribution in [-0.4, -0.2) is 16.8 Å². The van der Waals surface area contributed by atoms with Crippen molar-refractivity contribution in [1.82, 2.24) is 5.16 Å². The maximum Gasteiger partial charge on any atom is 0.277 e. The average Bonchev–Trinajstić information content (AvgIpc) is 3.08. The summed E-state index contributed by atoms with van der Waals surface area (Å²) in [5.74, 6) is 1.24. The largest absolute Gasteiger partial charge is 0.355 e. The molecule has 0 spiro atoms. The number of carbonyl (C=O) groups is 1. The smallest absolute Gasteiger partial charge is 0.277 e. The first kappa shape index (κ1) is 15.4. The summed E-state index contributed by atoms with van der Waals surface area (Å²) in [5.41, 5.74) is 1.94. The van der Waals surface area contributed by atoms with Gasteiger partial charge in [-0.1, -0.05) is 54.5 Å². The molecular weight excluding hydrogens is 308 g/mol. The van der Waals surface area contributed by atoms with Gasteiger partial charge >= 0.3 is 0 Å². The van der Waals surface area contributed by atoms with E-state index in [0.29, 0.717) is 5.76 Å². The molecule has 0 saturated carbocycles. The molecule has 1 aromatic heterocycles. The first-order chi connectivity index (χ1) is 11.3. The Morgan fingerprint density at radius 2 is 1.87 bits per heavy atom. The van der Waals surface area contributed by atoms with Crippen LogP contribution in [0.3, 0.4) is 0 Å². The highest BCUT2D eigenvalue weighted by Crippen LogP contribution is 2.27. The SMILES string of the molecule is CCSc1ccccc1NC(=O)c1cc(-c2ccccc2)on1. The third-order valence-corrected chi connectivity index (χ3v) is 4.19. The van der Waals surface area contributed by atoms with E-state index in [-0.39, 0.29) is 11.6 Å². The predicted molar refractivity (Wildman–Crippen MR) is 92.7 cm³/mol. The van der Waals surface area contributed by atoms with Crippen LogP contribution in [0, 0.1) is 0 Å². The molecule has 3 aromatic rings. The molecule has 0 unspecified atom stereocenters. The van der Waals surface area contributed by atoms with Gasteiger partial charge in [0.25, 0.3) is 5.91 Å². The number of nitrogens with one attached hydrogen (secondary N) is 1. The zero-order valence-corrected chi connectivity index (χ0v) is 13.5. The molecule has 1 N–H and O–H groups in total. The summed E-state index contributed by atoms with van der Waals surface area (Å²) in [4.78, 5) is 13.4. The Bertz CT molecular complexity index is 800. The maximum atomic E-state index is 12.4. The molecule has 4 nitrogen and oxygen atoms in total. The molecule has 0 bridgehead atoms. The van der Waals surface area contributed by atoms with E-state index in [0.717, 1.165) is 21.9 Å². The van der Waals surface area contributed by atoms with Gasteiger partial charge in [-0.25, -0.2) is 0 Å². The molecule has 0 radical (unpaired) electrons. The number of para-hydroxylation sites is 1. The van der Waals surface area contributed by atoms with Gasteiger partial charge in [0.1, 0.15) is 0 Å². The number of amides is 1. The van der Waals surface area contributed by atoms with Gasteiger partial charge in [0.05, 0.1) is 5.69 Å². The highest BCUT2D eigenvalue weighted by atomic mass is 32.2. The molecule has 0 aliphatic heterocycles. The molecule has 23 heavy (non-hydrogen) atoms. The van der Waals surface area contributed by atoms with Crippen LogP contribution >= 0.6 is 11.8 Å². The third-order valence-electron chi connectivity index (χ3n) is 3.24. The summed E-state index contributed by atoms with van der Waals surface area (Å²) in [7, 11) is 0. The Balaban J connectivity index is 1.78. The molecule has 0 saturated heterocycles.